The van der Waals surface area contributed by atoms with Crippen molar-refractivity contribution < 1.29 is 14.0 Å². The summed E-state index contributed by atoms with van der Waals surface area (Å²) < 4.78 is 16.7. The maximum Gasteiger partial charge on any atom is 0.240 e. The Morgan fingerprint density at radius 3 is 2.53 bits per heavy atom. The van der Waals surface area contributed by atoms with Gasteiger partial charge in [-0.25, -0.2) is 0 Å². The Bertz CT molecular complexity index is 985. The Labute approximate surface area is 177 Å². The standard InChI is InChI=1S/C24H29N3O3/c1-16(2)12-22-25-23(30-26-22)15-27-11-10-18-13-20(28-3)21(29-4)14-19(18)24(27)17-8-6-5-7-9-17/h5-9,13-14,16,24H,10-12,15H2,1-4H3/t24-/m1/s1. The summed E-state index contributed by atoms with van der Waals surface area (Å²) >= 11 is 0. The highest BCUT2D eigenvalue weighted by Gasteiger charge is 2.31. The monoisotopic (exact) mass is 407 g/mol. The van der Waals surface area contributed by atoms with Crippen LogP contribution in [0.3, 0.4) is 0 Å². The van der Waals surface area contributed by atoms with Crippen LogP contribution in [0, 0.1) is 5.92 Å². The number of ether oxygens (including phenoxy) is 2. The number of fused-ring (bicyclic) bond motifs is 1. The lowest BCUT2D eigenvalue weighted by Gasteiger charge is -2.37. The molecule has 6 nitrogen and oxygen atoms in total. The predicted molar refractivity (Wildman–Crippen MR) is 115 cm³/mol. The molecular weight excluding hydrogens is 378 g/mol. The van der Waals surface area contributed by atoms with Crippen molar-refractivity contribution in [3.05, 3.63) is 70.9 Å². The first-order valence-corrected chi connectivity index (χ1v) is 10.4. The van der Waals surface area contributed by atoms with Gasteiger partial charge in [0.25, 0.3) is 0 Å². The molecule has 0 N–H and O–H groups in total. The van der Waals surface area contributed by atoms with Crippen molar-refractivity contribution >= 4 is 0 Å². The van der Waals surface area contributed by atoms with Crippen LogP contribution in [0.25, 0.3) is 0 Å². The zero-order valence-corrected chi connectivity index (χ0v) is 18.1. The molecule has 0 radical (unpaired) electrons. The quantitative estimate of drug-likeness (QED) is 0.577. The van der Waals surface area contributed by atoms with E-state index in [-0.39, 0.29) is 6.04 Å². The Balaban J connectivity index is 1.70. The van der Waals surface area contributed by atoms with E-state index in [9.17, 15) is 0 Å². The lowest BCUT2D eigenvalue weighted by molar-refractivity contribution is 0.177. The van der Waals surface area contributed by atoms with E-state index in [1.165, 1.54) is 16.7 Å². The van der Waals surface area contributed by atoms with E-state index in [2.05, 4.69) is 65.3 Å². The normalized spacial score (nSPS) is 16.5. The molecule has 30 heavy (non-hydrogen) atoms. The fraction of sp³-hybridized carbons (Fsp3) is 0.417. The van der Waals surface area contributed by atoms with Crippen molar-refractivity contribution in [1.29, 1.82) is 0 Å². The first-order chi connectivity index (χ1) is 14.6. The van der Waals surface area contributed by atoms with Crippen LogP contribution in [-0.4, -0.2) is 35.8 Å². The molecule has 0 bridgehead atoms. The smallest absolute Gasteiger partial charge is 0.240 e. The summed E-state index contributed by atoms with van der Waals surface area (Å²) in [5.74, 6) is 3.45. The van der Waals surface area contributed by atoms with Gasteiger partial charge in [-0.3, -0.25) is 4.90 Å². The van der Waals surface area contributed by atoms with Crippen LogP contribution in [-0.2, 0) is 19.4 Å². The van der Waals surface area contributed by atoms with Gasteiger partial charge in [-0.05, 0) is 41.2 Å². The molecule has 0 unspecified atom stereocenters. The van der Waals surface area contributed by atoms with Crippen molar-refractivity contribution in [1.82, 2.24) is 15.0 Å². The first kappa shape index (κ1) is 20.4. The summed E-state index contributed by atoms with van der Waals surface area (Å²) in [5, 5.41) is 4.16. The van der Waals surface area contributed by atoms with Gasteiger partial charge in [0.2, 0.25) is 5.89 Å². The molecule has 1 aromatic heterocycles. The molecule has 1 aliphatic heterocycles. The first-order valence-electron chi connectivity index (χ1n) is 10.4. The number of benzene rings is 2. The average Bonchev–Trinajstić information content (AvgIpc) is 3.19. The molecule has 3 aromatic rings. The van der Waals surface area contributed by atoms with Crippen LogP contribution in [0.4, 0.5) is 0 Å². The lowest BCUT2D eigenvalue weighted by atomic mass is 9.87. The molecule has 2 heterocycles. The van der Waals surface area contributed by atoms with Crippen molar-refractivity contribution in [2.24, 2.45) is 5.92 Å². The number of rotatable bonds is 7. The summed E-state index contributed by atoms with van der Waals surface area (Å²) in [5.41, 5.74) is 3.74. The highest BCUT2D eigenvalue weighted by atomic mass is 16.5. The maximum atomic E-state index is 5.60. The molecule has 0 spiro atoms. The molecule has 2 aromatic carbocycles. The number of nitrogens with zero attached hydrogens (tertiary/aromatic N) is 3. The van der Waals surface area contributed by atoms with Gasteiger partial charge in [-0.1, -0.05) is 49.3 Å². The Hall–Kier alpha value is -2.86. The predicted octanol–water partition coefficient (Wildman–Crippen LogP) is 4.43. The fourth-order valence-corrected chi connectivity index (χ4v) is 4.17. The summed E-state index contributed by atoms with van der Waals surface area (Å²) in [6, 6.07) is 14.8. The number of aromatic nitrogens is 2. The molecule has 158 valence electrons. The van der Waals surface area contributed by atoms with Gasteiger partial charge in [-0.15, -0.1) is 0 Å². The molecule has 0 fully saturated rings. The van der Waals surface area contributed by atoms with E-state index in [0.717, 1.165) is 36.7 Å². The summed E-state index contributed by atoms with van der Waals surface area (Å²) in [6.45, 7) is 5.82. The second kappa shape index (κ2) is 8.88. The fourth-order valence-electron chi connectivity index (χ4n) is 4.17. The van der Waals surface area contributed by atoms with Crippen LogP contribution >= 0.6 is 0 Å². The van der Waals surface area contributed by atoms with E-state index in [1.54, 1.807) is 14.2 Å². The molecule has 0 amide bonds. The summed E-state index contributed by atoms with van der Waals surface area (Å²) in [6.07, 6.45) is 1.75. The SMILES string of the molecule is COc1cc2c(cc1OC)[C@@H](c1ccccc1)N(Cc1nc(CC(C)C)no1)CC2. The third kappa shape index (κ3) is 4.19. The summed E-state index contributed by atoms with van der Waals surface area (Å²) in [7, 11) is 3.36. The van der Waals surface area contributed by atoms with Gasteiger partial charge >= 0.3 is 0 Å². The van der Waals surface area contributed by atoms with Crippen molar-refractivity contribution in [2.75, 3.05) is 20.8 Å². The van der Waals surface area contributed by atoms with Gasteiger partial charge in [0, 0.05) is 13.0 Å². The topological polar surface area (TPSA) is 60.6 Å². The highest BCUT2D eigenvalue weighted by molar-refractivity contribution is 5.51. The minimum absolute atomic E-state index is 0.0789. The Morgan fingerprint density at radius 1 is 1.10 bits per heavy atom. The zero-order chi connectivity index (χ0) is 21.1. The average molecular weight is 408 g/mol. The van der Waals surface area contributed by atoms with Crippen LogP contribution < -0.4 is 9.47 Å². The molecule has 0 saturated heterocycles. The number of hydrogen-bond donors (Lipinski definition) is 0. The van der Waals surface area contributed by atoms with Gasteiger partial charge in [0.15, 0.2) is 17.3 Å². The molecule has 6 heteroatoms. The minimum Gasteiger partial charge on any atom is -0.493 e. The van der Waals surface area contributed by atoms with E-state index in [0.29, 0.717) is 18.4 Å². The second-order valence-corrected chi connectivity index (χ2v) is 8.14. The van der Waals surface area contributed by atoms with Crippen LogP contribution in [0.1, 0.15) is 48.3 Å². The van der Waals surface area contributed by atoms with Crippen molar-refractivity contribution in [3.8, 4) is 11.5 Å². The van der Waals surface area contributed by atoms with Gasteiger partial charge in [-0.2, -0.15) is 4.98 Å². The molecule has 0 saturated carbocycles. The van der Waals surface area contributed by atoms with Gasteiger partial charge in [0.05, 0.1) is 26.8 Å². The number of methoxy groups -OCH3 is 2. The lowest BCUT2D eigenvalue weighted by Crippen LogP contribution is -2.35. The van der Waals surface area contributed by atoms with E-state index in [1.807, 2.05) is 6.07 Å². The van der Waals surface area contributed by atoms with Crippen molar-refractivity contribution in [2.45, 2.75) is 39.3 Å². The van der Waals surface area contributed by atoms with E-state index >= 15 is 0 Å². The van der Waals surface area contributed by atoms with E-state index in [4.69, 9.17) is 14.0 Å². The zero-order valence-electron chi connectivity index (χ0n) is 18.1. The van der Waals surface area contributed by atoms with Gasteiger partial charge < -0.3 is 14.0 Å². The largest absolute Gasteiger partial charge is 0.493 e. The molecule has 0 aliphatic carbocycles. The molecular formula is C24H29N3O3. The van der Waals surface area contributed by atoms with Crippen molar-refractivity contribution in [3.63, 3.8) is 0 Å². The highest BCUT2D eigenvalue weighted by Crippen LogP contribution is 2.41. The third-order valence-corrected chi connectivity index (χ3v) is 5.53. The Kier molecular flexibility index (Phi) is 6.04. The van der Waals surface area contributed by atoms with Gasteiger partial charge in [0.1, 0.15) is 0 Å². The minimum atomic E-state index is 0.0789. The van der Waals surface area contributed by atoms with E-state index < -0.39 is 0 Å². The second-order valence-electron chi connectivity index (χ2n) is 8.14. The molecule has 1 atom stereocenters. The molecule has 1 aliphatic rings. The summed E-state index contributed by atoms with van der Waals surface area (Å²) in [4.78, 5) is 7.02. The van der Waals surface area contributed by atoms with Crippen LogP contribution in [0.2, 0.25) is 0 Å². The third-order valence-electron chi connectivity index (χ3n) is 5.53. The Morgan fingerprint density at radius 2 is 1.83 bits per heavy atom. The van der Waals surface area contributed by atoms with Crippen LogP contribution in [0.15, 0.2) is 47.0 Å². The number of hydrogen-bond acceptors (Lipinski definition) is 6. The molecule has 4 rings (SSSR count). The van der Waals surface area contributed by atoms with Crippen LogP contribution in [0.5, 0.6) is 11.5 Å². The maximum absolute atomic E-state index is 5.60.